The third-order valence-corrected chi connectivity index (χ3v) is 3.15. The van der Waals surface area contributed by atoms with Gasteiger partial charge in [-0.25, -0.2) is 9.97 Å². The fourth-order valence-corrected chi connectivity index (χ4v) is 2.18. The average molecular weight is 220 g/mol. The molecule has 1 aliphatic rings. The van der Waals surface area contributed by atoms with E-state index in [-0.39, 0.29) is 0 Å². The van der Waals surface area contributed by atoms with Crippen molar-refractivity contribution in [3.8, 4) is 0 Å². The van der Waals surface area contributed by atoms with Gasteiger partial charge >= 0.3 is 0 Å². The van der Waals surface area contributed by atoms with Crippen LogP contribution in [0, 0.1) is 0 Å². The predicted octanol–water partition coefficient (Wildman–Crippen LogP) is 1.44. The summed E-state index contributed by atoms with van der Waals surface area (Å²) in [6.45, 7) is 6.66. The van der Waals surface area contributed by atoms with Crippen LogP contribution in [0.1, 0.15) is 26.7 Å². The molecule has 1 aliphatic heterocycles. The van der Waals surface area contributed by atoms with Gasteiger partial charge in [0.1, 0.15) is 6.33 Å². The predicted molar refractivity (Wildman–Crippen MR) is 65.5 cm³/mol. The van der Waals surface area contributed by atoms with Crippen molar-refractivity contribution in [3.63, 3.8) is 0 Å². The van der Waals surface area contributed by atoms with Crippen LogP contribution in [0.5, 0.6) is 0 Å². The Morgan fingerprint density at radius 3 is 2.25 bits per heavy atom. The molecule has 2 heterocycles. The van der Waals surface area contributed by atoms with Crippen LogP contribution in [0.25, 0.3) is 0 Å². The van der Waals surface area contributed by atoms with Crippen LogP contribution in [0.2, 0.25) is 0 Å². The van der Waals surface area contributed by atoms with Crippen LogP contribution in [-0.2, 0) is 0 Å². The second kappa shape index (κ2) is 5.25. The molecule has 0 radical (unpaired) electrons. The Labute approximate surface area is 97.1 Å². The maximum Gasteiger partial charge on any atom is 0.115 e. The molecule has 2 rings (SSSR count). The first-order valence-corrected chi connectivity index (χ1v) is 6.01. The number of anilines is 1. The molecule has 0 bridgehead atoms. The molecule has 88 valence electrons. The van der Waals surface area contributed by atoms with E-state index in [0.717, 1.165) is 18.8 Å². The number of rotatable bonds is 1. The number of nitrogens with zero attached hydrogens (tertiary/aromatic N) is 3. The number of hydrogen-bond donors (Lipinski definition) is 1. The molecular formula is C12H20N4. The largest absolute Gasteiger partial charge is 0.369 e. The Balaban J connectivity index is 2.04. The third kappa shape index (κ3) is 2.92. The lowest BCUT2D eigenvalue weighted by Crippen LogP contribution is -2.43. The van der Waals surface area contributed by atoms with Gasteiger partial charge in [0.15, 0.2) is 0 Å². The van der Waals surface area contributed by atoms with Crippen molar-refractivity contribution in [2.24, 2.45) is 0 Å². The Hall–Kier alpha value is -1.16. The maximum absolute atomic E-state index is 4.08. The van der Waals surface area contributed by atoms with Crippen molar-refractivity contribution < 1.29 is 0 Å². The summed E-state index contributed by atoms with van der Waals surface area (Å²) >= 11 is 0. The van der Waals surface area contributed by atoms with Gasteiger partial charge in [-0.1, -0.05) is 0 Å². The van der Waals surface area contributed by atoms with E-state index < -0.39 is 0 Å². The van der Waals surface area contributed by atoms with Gasteiger partial charge in [0.2, 0.25) is 0 Å². The lowest BCUT2D eigenvalue weighted by atomic mass is 10.1. The molecule has 4 heteroatoms. The first kappa shape index (κ1) is 11.3. The highest BCUT2D eigenvalue weighted by molar-refractivity contribution is 5.41. The number of aromatic nitrogens is 2. The van der Waals surface area contributed by atoms with Gasteiger partial charge in [0, 0.05) is 25.2 Å². The van der Waals surface area contributed by atoms with Gasteiger partial charge in [-0.15, -0.1) is 0 Å². The van der Waals surface area contributed by atoms with E-state index >= 15 is 0 Å². The molecule has 16 heavy (non-hydrogen) atoms. The minimum atomic E-state index is 0.586. The van der Waals surface area contributed by atoms with E-state index in [9.17, 15) is 0 Å². The molecule has 1 N–H and O–H groups in total. The first-order chi connectivity index (χ1) is 7.75. The Morgan fingerprint density at radius 2 is 1.69 bits per heavy atom. The van der Waals surface area contributed by atoms with E-state index in [4.69, 9.17) is 0 Å². The summed E-state index contributed by atoms with van der Waals surface area (Å²) in [4.78, 5) is 10.5. The fraction of sp³-hybridized carbons (Fsp3) is 0.667. The minimum Gasteiger partial charge on any atom is -0.369 e. The SMILES string of the molecule is CC1CCN(c2cncnc2)CCC(C)N1. The normalized spacial score (nSPS) is 27.2. The van der Waals surface area contributed by atoms with Gasteiger partial charge in [-0.05, 0) is 26.7 Å². The summed E-state index contributed by atoms with van der Waals surface area (Å²) in [5.74, 6) is 0. The average Bonchev–Trinajstić information content (AvgIpc) is 2.28. The first-order valence-electron chi connectivity index (χ1n) is 6.01. The molecule has 1 saturated heterocycles. The van der Waals surface area contributed by atoms with Crippen LogP contribution in [0.3, 0.4) is 0 Å². The van der Waals surface area contributed by atoms with Gasteiger partial charge in [0.05, 0.1) is 18.1 Å². The van der Waals surface area contributed by atoms with Crippen LogP contribution in [0.15, 0.2) is 18.7 Å². The van der Waals surface area contributed by atoms with Crippen molar-refractivity contribution in [2.75, 3.05) is 18.0 Å². The molecule has 2 unspecified atom stereocenters. The van der Waals surface area contributed by atoms with Gasteiger partial charge < -0.3 is 10.2 Å². The highest BCUT2D eigenvalue weighted by Crippen LogP contribution is 2.14. The Bertz CT molecular complexity index is 302. The van der Waals surface area contributed by atoms with E-state index in [1.807, 2.05) is 12.4 Å². The Kier molecular flexibility index (Phi) is 3.72. The van der Waals surface area contributed by atoms with E-state index in [0.29, 0.717) is 12.1 Å². The molecule has 0 saturated carbocycles. The van der Waals surface area contributed by atoms with Gasteiger partial charge in [-0.2, -0.15) is 0 Å². The van der Waals surface area contributed by atoms with Gasteiger partial charge in [-0.3, -0.25) is 0 Å². The van der Waals surface area contributed by atoms with Crippen molar-refractivity contribution in [1.82, 2.24) is 15.3 Å². The lowest BCUT2D eigenvalue weighted by Gasteiger charge is -2.31. The highest BCUT2D eigenvalue weighted by atomic mass is 15.2. The molecule has 2 atom stereocenters. The summed E-state index contributed by atoms with van der Waals surface area (Å²) in [6.07, 6.45) is 7.72. The molecular weight excluding hydrogens is 200 g/mol. The van der Waals surface area contributed by atoms with Gasteiger partial charge in [0.25, 0.3) is 0 Å². The third-order valence-electron chi connectivity index (χ3n) is 3.15. The second-order valence-corrected chi connectivity index (χ2v) is 4.63. The fourth-order valence-electron chi connectivity index (χ4n) is 2.18. The number of nitrogens with one attached hydrogen (secondary N) is 1. The topological polar surface area (TPSA) is 41.1 Å². The highest BCUT2D eigenvalue weighted by Gasteiger charge is 2.16. The minimum absolute atomic E-state index is 0.586. The summed E-state index contributed by atoms with van der Waals surface area (Å²) < 4.78 is 0. The maximum atomic E-state index is 4.08. The standard InChI is InChI=1S/C12H20N4/c1-10-3-5-16(6-4-11(2)15-10)12-7-13-9-14-8-12/h7-11,15H,3-6H2,1-2H3. The molecule has 1 fully saturated rings. The molecule has 1 aromatic heterocycles. The molecule has 0 spiro atoms. The summed E-state index contributed by atoms with van der Waals surface area (Å²) in [7, 11) is 0. The zero-order valence-electron chi connectivity index (χ0n) is 10.1. The lowest BCUT2D eigenvalue weighted by molar-refractivity contribution is 0.404. The number of hydrogen-bond acceptors (Lipinski definition) is 4. The zero-order valence-corrected chi connectivity index (χ0v) is 10.1. The van der Waals surface area contributed by atoms with Crippen LogP contribution >= 0.6 is 0 Å². The van der Waals surface area contributed by atoms with Crippen LogP contribution in [0.4, 0.5) is 5.69 Å². The molecule has 0 aromatic carbocycles. The molecule has 0 amide bonds. The van der Waals surface area contributed by atoms with E-state index in [1.165, 1.54) is 12.8 Å². The smallest absolute Gasteiger partial charge is 0.115 e. The van der Waals surface area contributed by atoms with Crippen LogP contribution in [-0.4, -0.2) is 35.1 Å². The van der Waals surface area contributed by atoms with E-state index in [2.05, 4.69) is 34.0 Å². The molecule has 1 aromatic rings. The quantitative estimate of drug-likeness (QED) is 0.777. The summed E-state index contributed by atoms with van der Waals surface area (Å²) in [5, 5.41) is 3.60. The van der Waals surface area contributed by atoms with Crippen molar-refractivity contribution in [2.45, 2.75) is 38.8 Å². The summed E-state index contributed by atoms with van der Waals surface area (Å²) in [6, 6.07) is 1.17. The molecule has 0 aliphatic carbocycles. The van der Waals surface area contributed by atoms with E-state index in [1.54, 1.807) is 6.33 Å². The monoisotopic (exact) mass is 220 g/mol. The summed E-state index contributed by atoms with van der Waals surface area (Å²) in [5.41, 5.74) is 1.14. The van der Waals surface area contributed by atoms with Crippen molar-refractivity contribution >= 4 is 5.69 Å². The zero-order chi connectivity index (χ0) is 11.4. The van der Waals surface area contributed by atoms with Crippen LogP contribution < -0.4 is 10.2 Å². The van der Waals surface area contributed by atoms with Crippen molar-refractivity contribution in [1.29, 1.82) is 0 Å². The van der Waals surface area contributed by atoms with Crippen molar-refractivity contribution in [3.05, 3.63) is 18.7 Å². The molecule has 4 nitrogen and oxygen atoms in total. The second-order valence-electron chi connectivity index (χ2n) is 4.63. The Morgan fingerprint density at radius 1 is 1.12 bits per heavy atom.